The van der Waals surface area contributed by atoms with Crippen molar-refractivity contribution < 1.29 is 35.0 Å². The van der Waals surface area contributed by atoms with Crippen molar-refractivity contribution in [1.29, 1.82) is 0 Å². The van der Waals surface area contributed by atoms with E-state index in [4.69, 9.17) is 8.37 Å². The highest BCUT2D eigenvalue weighted by Gasteiger charge is 2.26. The van der Waals surface area contributed by atoms with E-state index in [0.717, 1.165) is 36.4 Å². The van der Waals surface area contributed by atoms with Crippen molar-refractivity contribution in [2.24, 2.45) is 0 Å². The third kappa shape index (κ3) is 6.48. The standard InChI is InChI=1S/C26H18N2O10S2/c29-27(30)21-15-13-19(25(17-21)39(33,34)37-23-7-3-1-4-8-23)11-12-20-14-16-22(28(31)32)18-26(20)40(35,36)38-24-9-5-2-6-10-24/h1-18H/b12-11+. The van der Waals surface area contributed by atoms with Gasteiger partial charge in [0.05, 0.1) is 9.85 Å². The van der Waals surface area contributed by atoms with E-state index in [2.05, 4.69) is 0 Å². The Morgan fingerprint density at radius 2 is 0.900 bits per heavy atom. The number of non-ortho nitro benzene ring substituents is 2. The highest BCUT2D eigenvalue weighted by molar-refractivity contribution is 7.87. The number of benzene rings is 4. The molecule has 0 heterocycles. The molecule has 0 aliphatic heterocycles. The average molecular weight is 583 g/mol. The molecular weight excluding hydrogens is 564 g/mol. The van der Waals surface area contributed by atoms with E-state index in [-0.39, 0.29) is 22.6 Å². The van der Waals surface area contributed by atoms with Gasteiger partial charge in [-0.25, -0.2) is 0 Å². The predicted octanol–water partition coefficient (Wildman–Crippen LogP) is 5.21. The number of nitro groups is 2. The lowest BCUT2D eigenvalue weighted by molar-refractivity contribution is -0.385. The molecule has 0 unspecified atom stereocenters. The smallest absolute Gasteiger partial charge is 0.340 e. The molecule has 0 aromatic heterocycles. The summed E-state index contributed by atoms with van der Waals surface area (Å²) in [5.41, 5.74) is -1.20. The van der Waals surface area contributed by atoms with Crippen LogP contribution in [0.1, 0.15) is 11.1 Å². The third-order valence-electron chi connectivity index (χ3n) is 5.30. The topological polar surface area (TPSA) is 173 Å². The largest absolute Gasteiger partial charge is 0.379 e. The van der Waals surface area contributed by atoms with Crippen LogP contribution in [0.15, 0.2) is 107 Å². The molecule has 40 heavy (non-hydrogen) atoms. The summed E-state index contributed by atoms with van der Waals surface area (Å²) < 4.78 is 62.6. The summed E-state index contributed by atoms with van der Waals surface area (Å²) in [6, 6.07) is 21.0. The number of nitro benzene ring substituents is 2. The summed E-state index contributed by atoms with van der Waals surface area (Å²) in [4.78, 5) is 20.0. The van der Waals surface area contributed by atoms with Crippen LogP contribution < -0.4 is 8.37 Å². The Morgan fingerprint density at radius 1 is 0.550 bits per heavy atom. The van der Waals surface area contributed by atoms with E-state index in [1.165, 1.54) is 60.7 Å². The first-order valence-corrected chi connectivity index (χ1v) is 14.0. The number of para-hydroxylation sites is 2. The van der Waals surface area contributed by atoms with Crippen LogP contribution in [0, 0.1) is 20.2 Å². The van der Waals surface area contributed by atoms with Gasteiger partial charge in [0.25, 0.3) is 11.4 Å². The normalized spacial score (nSPS) is 11.7. The molecule has 0 aliphatic carbocycles. The second-order valence-electron chi connectivity index (χ2n) is 7.99. The lowest BCUT2D eigenvalue weighted by Crippen LogP contribution is -2.12. The Kier molecular flexibility index (Phi) is 7.93. The number of hydrogen-bond donors (Lipinski definition) is 0. The molecule has 0 atom stereocenters. The van der Waals surface area contributed by atoms with Gasteiger partial charge in [-0.3, -0.25) is 20.2 Å². The molecule has 0 bridgehead atoms. The second kappa shape index (κ2) is 11.3. The molecular formula is C26H18N2O10S2. The first kappa shape index (κ1) is 27.9. The van der Waals surface area contributed by atoms with Crippen LogP contribution in [0.2, 0.25) is 0 Å². The highest BCUT2D eigenvalue weighted by Crippen LogP contribution is 2.30. The molecule has 0 radical (unpaired) electrons. The minimum atomic E-state index is -4.59. The molecule has 0 spiro atoms. The van der Waals surface area contributed by atoms with Gasteiger partial charge in [0.15, 0.2) is 0 Å². The monoisotopic (exact) mass is 582 g/mol. The quantitative estimate of drug-likeness (QED) is 0.104. The first-order valence-electron chi connectivity index (χ1n) is 11.2. The fourth-order valence-electron chi connectivity index (χ4n) is 3.46. The number of rotatable bonds is 10. The van der Waals surface area contributed by atoms with Crippen LogP contribution >= 0.6 is 0 Å². The van der Waals surface area contributed by atoms with Gasteiger partial charge in [0.2, 0.25) is 0 Å². The van der Waals surface area contributed by atoms with Crippen molar-refractivity contribution >= 4 is 43.8 Å². The SMILES string of the molecule is O=[N+]([O-])c1ccc(/C=C/c2ccc([N+](=O)[O-])cc2S(=O)(=O)Oc2ccccc2)c(S(=O)(=O)Oc2ccccc2)c1. The van der Waals surface area contributed by atoms with Gasteiger partial charge in [0.1, 0.15) is 21.3 Å². The lowest BCUT2D eigenvalue weighted by atomic mass is 10.1. The zero-order valence-electron chi connectivity index (χ0n) is 20.2. The van der Waals surface area contributed by atoms with Crippen molar-refractivity contribution in [3.05, 3.63) is 128 Å². The Labute approximate surface area is 228 Å². The van der Waals surface area contributed by atoms with E-state index in [0.29, 0.717) is 0 Å². The van der Waals surface area contributed by atoms with Crippen molar-refractivity contribution in [3.63, 3.8) is 0 Å². The maximum Gasteiger partial charge on any atom is 0.340 e. The summed E-state index contributed by atoms with van der Waals surface area (Å²) >= 11 is 0. The third-order valence-corrected chi connectivity index (χ3v) is 7.90. The molecule has 0 amide bonds. The molecule has 0 saturated carbocycles. The molecule has 14 heteroatoms. The minimum Gasteiger partial charge on any atom is -0.379 e. The van der Waals surface area contributed by atoms with Crippen LogP contribution in [0.5, 0.6) is 11.5 Å². The molecule has 0 aliphatic rings. The van der Waals surface area contributed by atoms with Gasteiger partial charge >= 0.3 is 20.2 Å². The summed E-state index contributed by atoms with van der Waals surface area (Å²) in [6.07, 6.45) is 2.38. The van der Waals surface area contributed by atoms with Crippen LogP contribution in [-0.2, 0) is 20.2 Å². The first-order chi connectivity index (χ1) is 19.0. The second-order valence-corrected chi connectivity index (χ2v) is 11.0. The van der Waals surface area contributed by atoms with Gasteiger partial charge in [0, 0.05) is 24.3 Å². The molecule has 4 aromatic rings. The van der Waals surface area contributed by atoms with Crippen molar-refractivity contribution in [2.75, 3.05) is 0 Å². The van der Waals surface area contributed by atoms with E-state index in [1.54, 1.807) is 12.1 Å². The Balaban J connectivity index is 1.80. The van der Waals surface area contributed by atoms with Crippen LogP contribution in [-0.4, -0.2) is 26.7 Å². The van der Waals surface area contributed by atoms with Crippen LogP contribution in [0.3, 0.4) is 0 Å². The Morgan fingerprint density at radius 3 is 1.23 bits per heavy atom. The number of hydrogen-bond acceptors (Lipinski definition) is 10. The maximum atomic E-state index is 13.1. The minimum absolute atomic E-state index is 0.0363. The molecule has 4 rings (SSSR count). The van der Waals surface area contributed by atoms with Gasteiger partial charge in [-0.1, -0.05) is 48.6 Å². The summed E-state index contributed by atoms with van der Waals surface area (Å²) in [6.45, 7) is 0. The van der Waals surface area contributed by atoms with Gasteiger partial charge in [-0.2, -0.15) is 16.8 Å². The molecule has 0 N–H and O–H groups in total. The van der Waals surface area contributed by atoms with E-state index in [9.17, 15) is 37.1 Å². The van der Waals surface area contributed by atoms with Crippen LogP contribution in [0.4, 0.5) is 11.4 Å². The van der Waals surface area contributed by atoms with Crippen molar-refractivity contribution in [1.82, 2.24) is 0 Å². The zero-order valence-corrected chi connectivity index (χ0v) is 21.8. The summed E-state index contributed by atoms with van der Waals surface area (Å²) in [5.74, 6) is -0.0727. The van der Waals surface area contributed by atoms with Crippen molar-refractivity contribution in [3.8, 4) is 11.5 Å². The fraction of sp³-hybridized carbons (Fsp3) is 0. The average Bonchev–Trinajstić information content (AvgIpc) is 2.92. The fourth-order valence-corrected chi connectivity index (χ4v) is 5.74. The molecule has 4 aromatic carbocycles. The Hall–Kier alpha value is -5.08. The number of nitrogens with zero attached hydrogens (tertiary/aromatic N) is 2. The molecule has 0 saturated heterocycles. The molecule has 204 valence electrons. The van der Waals surface area contributed by atoms with Gasteiger partial charge in [-0.15, -0.1) is 0 Å². The van der Waals surface area contributed by atoms with E-state index in [1.807, 2.05) is 0 Å². The van der Waals surface area contributed by atoms with Crippen LogP contribution in [0.25, 0.3) is 12.2 Å². The summed E-state index contributed by atoms with van der Waals surface area (Å²) in [7, 11) is -9.18. The predicted molar refractivity (Wildman–Crippen MR) is 144 cm³/mol. The van der Waals surface area contributed by atoms with E-state index >= 15 is 0 Å². The summed E-state index contributed by atoms with van der Waals surface area (Å²) in [5, 5.41) is 22.7. The van der Waals surface area contributed by atoms with E-state index < -0.39 is 51.2 Å². The maximum absolute atomic E-state index is 13.1. The van der Waals surface area contributed by atoms with Gasteiger partial charge in [-0.05, 0) is 47.5 Å². The zero-order chi connectivity index (χ0) is 28.9. The Bertz CT molecular complexity index is 1690. The molecule has 12 nitrogen and oxygen atoms in total. The lowest BCUT2D eigenvalue weighted by Gasteiger charge is -2.11. The van der Waals surface area contributed by atoms with Gasteiger partial charge < -0.3 is 8.37 Å². The highest BCUT2D eigenvalue weighted by atomic mass is 32.2. The molecule has 0 fully saturated rings. The van der Waals surface area contributed by atoms with Crippen molar-refractivity contribution in [2.45, 2.75) is 9.79 Å².